The molecule has 0 amide bonds. The van der Waals surface area contributed by atoms with E-state index in [-0.39, 0.29) is 0 Å². The smallest absolute Gasteiger partial charge is 0.0465 e. The fraction of sp³-hybridized carbons (Fsp3) is 1.00. The zero-order chi connectivity index (χ0) is 11.9. The highest BCUT2D eigenvalue weighted by atomic mass is 79.9. The Balaban J connectivity index is 2.83. The number of ether oxygens (including phenoxy) is 1. The third kappa shape index (κ3) is 14.4. The number of rotatable bonds is 13. The molecular weight excluding hydrogens is 264 g/mol. The summed E-state index contributed by atoms with van der Waals surface area (Å²) in [5, 5.41) is 1.17. The van der Waals surface area contributed by atoms with Gasteiger partial charge in [0.1, 0.15) is 0 Å². The molecule has 0 aliphatic rings. The van der Waals surface area contributed by atoms with E-state index in [1.54, 1.807) is 0 Å². The first-order valence-electron chi connectivity index (χ1n) is 7.05. The van der Waals surface area contributed by atoms with Crippen LogP contribution in [-0.2, 0) is 4.74 Å². The van der Waals surface area contributed by atoms with Gasteiger partial charge in [-0.2, -0.15) is 0 Å². The van der Waals surface area contributed by atoms with Gasteiger partial charge in [0.05, 0.1) is 0 Å². The molecule has 0 aliphatic carbocycles. The standard InChI is InChI=1S/C14H29BrO/c1-2-16-14-12-10-8-6-4-3-5-7-9-11-13-15/h2-14H2,1H3. The molecule has 0 saturated heterocycles. The molecule has 0 bridgehead atoms. The molecule has 0 aromatic heterocycles. The molecule has 0 heterocycles. The molecule has 0 fully saturated rings. The highest BCUT2D eigenvalue weighted by Gasteiger charge is 1.92. The highest BCUT2D eigenvalue weighted by molar-refractivity contribution is 9.09. The van der Waals surface area contributed by atoms with Crippen molar-refractivity contribution in [2.24, 2.45) is 0 Å². The molecule has 16 heavy (non-hydrogen) atoms. The summed E-state index contributed by atoms with van der Waals surface area (Å²) in [4.78, 5) is 0. The van der Waals surface area contributed by atoms with Gasteiger partial charge in [-0.25, -0.2) is 0 Å². The Morgan fingerprint density at radius 3 is 1.56 bits per heavy atom. The van der Waals surface area contributed by atoms with Gasteiger partial charge in [-0.15, -0.1) is 0 Å². The number of unbranched alkanes of at least 4 members (excludes halogenated alkanes) is 9. The number of halogens is 1. The van der Waals surface area contributed by atoms with Crippen LogP contribution in [0.15, 0.2) is 0 Å². The topological polar surface area (TPSA) is 9.23 Å². The third-order valence-electron chi connectivity index (χ3n) is 2.88. The van der Waals surface area contributed by atoms with Crippen molar-refractivity contribution >= 4 is 15.9 Å². The summed E-state index contributed by atoms with van der Waals surface area (Å²) < 4.78 is 5.31. The predicted octanol–water partition coefficient (Wildman–Crippen LogP) is 5.32. The summed E-state index contributed by atoms with van der Waals surface area (Å²) in [5.41, 5.74) is 0. The summed E-state index contributed by atoms with van der Waals surface area (Å²) in [6.45, 7) is 3.90. The fourth-order valence-corrected chi connectivity index (χ4v) is 2.25. The fourth-order valence-electron chi connectivity index (χ4n) is 1.86. The largest absolute Gasteiger partial charge is 0.382 e. The Hall–Kier alpha value is 0.440. The number of hydrogen-bond donors (Lipinski definition) is 0. The lowest BCUT2D eigenvalue weighted by molar-refractivity contribution is 0.143. The van der Waals surface area contributed by atoms with Crippen molar-refractivity contribution in [3.63, 3.8) is 0 Å². The maximum atomic E-state index is 5.31. The van der Waals surface area contributed by atoms with Gasteiger partial charge in [0.15, 0.2) is 0 Å². The molecule has 0 N–H and O–H groups in total. The van der Waals surface area contributed by atoms with Crippen LogP contribution in [0.3, 0.4) is 0 Å². The minimum atomic E-state index is 0.869. The minimum Gasteiger partial charge on any atom is -0.382 e. The van der Waals surface area contributed by atoms with Crippen molar-refractivity contribution in [2.45, 2.75) is 71.1 Å². The van der Waals surface area contributed by atoms with Crippen LogP contribution >= 0.6 is 15.9 Å². The Morgan fingerprint density at radius 1 is 0.688 bits per heavy atom. The minimum absolute atomic E-state index is 0.869. The zero-order valence-corrected chi connectivity index (χ0v) is 12.6. The maximum absolute atomic E-state index is 5.31. The maximum Gasteiger partial charge on any atom is 0.0465 e. The lowest BCUT2D eigenvalue weighted by Crippen LogP contribution is -1.92. The molecule has 0 unspecified atom stereocenters. The van der Waals surface area contributed by atoms with Crippen LogP contribution in [-0.4, -0.2) is 18.5 Å². The second kappa shape index (κ2) is 15.4. The van der Waals surface area contributed by atoms with E-state index in [1.165, 1.54) is 69.5 Å². The van der Waals surface area contributed by atoms with Gasteiger partial charge < -0.3 is 4.74 Å². The molecule has 0 rings (SSSR count). The molecule has 2 heteroatoms. The normalized spacial score (nSPS) is 10.9. The van der Waals surface area contributed by atoms with E-state index < -0.39 is 0 Å². The summed E-state index contributed by atoms with van der Waals surface area (Å²) in [5.74, 6) is 0. The lowest BCUT2D eigenvalue weighted by atomic mass is 10.1. The molecule has 0 atom stereocenters. The van der Waals surface area contributed by atoms with Crippen molar-refractivity contribution < 1.29 is 4.74 Å². The van der Waals surface area contributed by atoms with Crippen molar-refractivity contribution in [3.05, 3.63) is 0 Å². The quantitative estimate of drug-likeness (QED) is 0.330. The van der Waals surface area contributed by atoms with Crippen LogP contribution in [0.5, 0.6) is 0 Å². The average molecular weight is 293 g/mol. The molecule has 0 aromatic carbocycles. The molecule has 98 valence electrons. The molecule has 0 radical (unpaired) electrons. The van der Waals surface area contributed by atoms with Gasteiger partial charge in [-0.3, -0.25) is 0 Å². The van der Waals surface area contributed by atoms with E-state index in [0.717, 1.165) is 13.2 Å². The first-order valence-corrected chi connectivity index (χ1v) is 8.17. The van der Waals surface area contributed by atoms with Gasteiger partial charge in [0.25, 0.3) is 0 Å². The summed E-state index contributed by atoms with van der Waals surface area (Å²) in [6, 6.07) is 0. The van der Waals surface area contributed by atoms with Gasteiger partial charge in [-0.1, -0.05) is 67.3 Å². The summed E-state index contributed by atoms with van der Waals surface area (Å²) in [7, 11) is 0. The Labute approximate surface area is 110 Å². The highest BCUT2D eigenvalue weighted by Crippen LogP contribution is 2.10. The van der Waals surface area contributed by atoms with Crippen LogP contribution in [0.25, 0.3) is 0 Å². The van der Waals surface area contributed by atoms with Crippen LogP contribution in [0.1, 0.15) is 71.1 Å². The first kappa shape index (κ1) is 16.4. The lowest BCUT2D eigenvalue weighted by Gasteiger charge is -2.02. The van der Waals surface area contributed by atoms with Gasteiger partial charge in [0, 0.05) is 18.5 Å². The van der Waals surface area contributed by atoms with E-state index in [0.29, 0.717) is 0 Å². The Bertz CT molecular complexity index is 103. The monoisotopic (exact) mass is 292 g/mol. The second-order valence-electron chi connectivity index (χ2n) is 4.42. The van der Waals surface area contributed by atoms with Crippen molar-refractivity contribution in [1.82, 2.24) is 0 Å². The average Bonchev–Trinajstić information content (AvgIpc) is 2.31. The van der Waals surface area contributed by atoms with E-state index in [1.807, 2.05) is 0 Å². The van der Waals surface area contributed by atoms with Crippen molar-refractivity contribution in [2.75, 3.05) is 18.5 Å². The SMILES string of the molecule is CCOCCCCCCCCCCCCBr. The molecule has 1 nitrogen and oxygen atoms in total. The Kier molecular flexibility index (Phi) is 15.9. The number of hydrogen-bond acceptors (Lipinski definition) is 1. The van der Waals surface area contributed by atoms with Crippen LogP contribution in [0, 0.1) is 0 Å². The third-order valence-corrected chi connectivity index (χ3v) is 3.44. The van der Waals surface area contributed by atoms with Gasteiger partial charge >= 0.3 is 0 Å². The summed E-state index contributed by atoms with van der Waals surface area (Å²) in [6.07, 6.45) is 13.9. The Morgan fingerprint density at radius 2 is 1.12 bits per heavy atom. The van der Waals surface area contributed by atoms with Crippen LogP contribution in [0.2, 0.25) is 0 Å². The summed E-state index contributed by atoms with van der Waals surface area (Å²) >= 11 is 3.47. The molecule has 0 aromatic rings. The molecule has 0 saturated carbocycles. The van der Waals surface area contributed by atoms with E-state index in [9.17, 15) is 0 Å². The molecule has 0 spiro atoms. The van der Waals surface area contributed by atoms with E-state index >= 15 is 0 Å². The predicted molar refractivity (Wildman–Crippen MR) is 76.5 cm³/mol. The van der Waals surface area contributed by atoms with Crippen molar-refractivity contribution in [3.8, 4) is 0 Å². The second-order valence-corrected chi connectivity index (χ2v) is 5.21. The molecular formula is C14H29BrO. The van der Waals surface area contributed by atoms with Crippen LogP contribution < -0.4 is 0 Å². The van der Waals surface area contributed by atoms with Crippen molar-refractivity contribution in [1.29, 1.82) is 0 Å². The number of alkyl halides is 1. The van der Waals surface area contributed by atoms with Gasteiger partial charge in [-0.05, 0) is 19.8 Å². The van der Waals surface area contributed by atoms with Gasteiger partial charge in [0.2, 0.25) is 0 Å². The first-order chi connectivity index (χ1) is 7.91. The van der Waals surface area contributed by atoms with E-state index in [4.69, 9.17) is 4.74 Å². The zero-order valence-electron chi connectivity index (χ0n) is 11.0. The van der Waals surface area contributed by atoms with Crippen LogP contribution in [0.4, 0.5) is 0 Å². The van der Waals surface area contributed by atoms with E-state index in [2.05, 4.69) is 22.9 Å². The molecule has 0 aliphatic heterocycles.